The van der Waals surface area contributed by atoms with Gasteiger partial charge >= 0.3 is 6.09 Å². The summed E-state index contributed by atoms with van der Waals surface area (Å²) in [5, 5.41) is 12.5. The highest BCUT2D eigenvalue weighted by Crippen LogP contribution is 2.30. The van der Waals surface area contributed by atoms with Crippen LogP contribution in [0.1, 0.15) is 45.8 Å². The molecule has 0 saturated carbocycles. The summed E-state index contributed by atoms with van der Waals surface area (Å²) in [5.74, 6) is 0.535. The van der Waals surface area contributed by atoms with Gasteiger partial charge in [-0.3, -0.25) is 5.32 Å². The number of anilines is 1. The zero-order chi connectivity index (χ0) is 15.3. The van der Waals surface area contributed by atoms with Crippen molar-refractivity contribution in [3.63, 3.8) is 0 Å². The summed E-state index contributed by atoms with van der Waals surface area (Å²) in [6, 6.07) is 5.11. The molecule has 112 valence electrons. The fraction of sp³-hybridized carbons (Fsp3) is 0.533. The molecule has 20 heavy (non-hydrogen) atoms. The molecule has 0 aromatic heterocycles. The third kappa shape index (κ3) is 4.74. The molecule has 0 aliphatic heterocycles. The number of rotatable bonds is 4. The maximum atomic E-state index is 11.7. The Labute approximate surface area is 119 Å². The molecular formula is C15H23NO4. The number of aliphatic hydroxyl groups is 1. The van der Waals surface area contributed by atoms with Crippen molar-refractivity contribution in [2.24, 2.45) is 0 Å². The minimum Gasteiger partial charge on any atom is -0.496 e. The lowest BCUT2D eigenvalue weighted by Gasteiger charge is -2.20. The van der Waals surface area contributed by atoms with Gasteiger partial charge in [0.05, 0.1) is 13.2 Å². The van der Waals surface area contributed by atoms with Crippen LogP contribution in [0.15, 0.2) is 18.2 Å². The molecule has 0 fully saturated rings. The van der Waals surface area contributed by atoms with Gasteiger partial charge in [0.15, 0.2) is 0 Å². The van der Waals surface area contributed by atoms with E-state index in [1.807, 2.05) is 6.92 Å². The van der Waals surface area contributed by atoms with E-state index < -0.39 is 17.8 Å². The molecule has 0 aliphatic rings. The Balaban J connectivity index is 2.85. The van der Waals surface area contributed by atoms with Crippen molar-refractivity contribution in [3.8, 4) is 5.75 Å². The van der Waals surface area contributed by atoms with E-state index in [9.17, 15) is 9.90 Å². The molecular weight excluding hydrogens is 258 g/mol. The Morgan fingerprint density at radius 1 is 1.40 bits per heavy atom. The second-order valence-corrected chi connectivity index (χ2v) is 5.51. The summed E-state index contributed by atoms with van der Waals surface area (Å²) >= 11 is 0. The van der Waals surface area contributed by atoms with Crippen LogP contribution in [0.3, 0.4) is 0 Å². The van der Waals surface area contributed by atoms with Crippen molar-refractivity contribution >= 4 is 11.8 Å². The van der Waals surface area contributed by atoms with Gasteiger partial charge in [0.1, 0.15) is 11.4 Å². The first kappa shape index (κ1) is 16.3. The Bertz CT molecular complexity index is 465. The number of nitrogens with one attached hydrogen (secondary N) is 1. The molecule has 1 unspecified atom stereocenters. The number of benzene rings is 1. The van der Waals surface area contributed by atoms with Gasteiger partial charge < -0.3 is 14.6 Å². The number of aliphatic hydroxyl groups excluding tert-OH is 1. The number of hydrogen-bond donors (Lipinski definition) is 2. The molecule has 0 aliphatic carbocycles. The lowest BCUT2D eigenvalue weighted by molar-refractivity contribution is 0.0636. The average molecular weight is 281 g/mol. The molecule has 5 nitrogen and oxygen atoms in total. The molecule has 1 rings (SSSR count). The van der Waals surface area contributed by atoms with Gasteiger partial charge in [-0.2, -0.15) is 0 Å². The van der Waals surface area contributed by atoms with E-state index in [0.29, 0.717) is 23.4 Å². The molecule has 0 bridgehead atoms. The SMILES string of the molecule is CCC(O)c1ccc(NC(=O)OC(C)(C)C)cc1OC. The van der Waals surface area contributed by atoms with E-state index in [0.717, 1.165) is 0 Å². The highest BCUT2D eigenvalue weighted by molar-refractivity contribution is 5.85. The number of carbonyl (C=O) groups is 1. The Hall–Kier alpha value is -1.75. The molecule has 0 saturated heterocycles. The molecule has 2 N–H and O–H groups in total. The molecule has 1 amide bonds. The van der Waals surface area contributed by atoms with Crippen molar-refractivity contribution in [1.82, 2.24) is 0 Å². The quantitative estimate of drug-likeness (QED) is 0.886. The van der Waals surface area contributed by atoms with Crippen LogP contribution >= 0.6 is 0 Å². The largest absolute Gasteiger partial charge is 0.496 e. The van der Waals surface area contributed by atoms with Crippen molar-refractivity contribution in [1.29, 1.82) is 0 Å². The number of methoxy groups -OCH3 is 1. The highest BCUT2D eigenvalue weighted by Gasteiger charge is 2.17. The normalized spacial score (nSPS) is 12.7. The number of carbonyl (C=O) groups excluding carboxylic acids is 1. The van der Waals surface area contributed by atoms with E-state index in [4.69, 9.17) is 9.47 Å². The van der Waals surface area contributed by atoms with Crippen LogP contribution in [0.4, 0.5) is 10.5 Å². The average Bonchev–Trinajstić information content (AvgIpc) is 2.35. The lowest BCUT2D eigenvalue weighted by atomic mass is 10.1. The van der Waals surface area contributed by atoms with Crippen molar-refractivity contribution in [2.75, 3.05) is 12.4 Å². The lowest BCUT2D eigenvalue weighted by Crippen LogP contribution is -2.27. The fourth-order valence-corrected chi connectivity index (χ4v) is 1.71. The van der Waals surface area contributed by atoms with Crippen LogP contribution in [0.5, 0.6) is 5.75 Å². The summed E-state index contributed by atoms with van der Waals surface area (Å²) < 4.78 is 10.4. The second kappa shape index (κ2) is 6.61. The first-order valence-electron chi connectivity index (χ1n) is 6.63. The molecule has 1 aromatic rings. The monoisotopic (exact) mass is 281 g/mol. The first-order chi connectivity index (χ1) is 9.26. The number of ether oxygens (including phenoxy) is 2. The Morgan fingerprint density at radius 2 is 2.05 bits per heavy atom. The Kier molecular flexibility index (Phi) is 5.39. The van der Waals surface area contributed by atoms with Crippen LogP contribution < -0.4 is 10.1 Å². The summed E-state index contributed by atoms with van der Waals surface area (Å²) in [4.78, 5) is 11.7. The van der Waals surface area contributed by atoms with Gasteiger partial charge in [0.25, 0.3) is 0 Å². The molecule has 0 heterocycles. The van der Waals surface area contributed by atoms with Gasteiger partial charge in [0.2, 0.25) is 0 Å². The van der Waals surface area contributed by atoms with E-state index in [1.165, 1.54) is 7.11 Å². The number of hydrogen-bond acceptors (Lipinski definition) is 4. The van der Waals surface area contributed by atoms with Crippen LogP contribution in [0.2, 0.25) is 0 Å². The predicted octanol–water partition coefficient (Wildman–Crippen LogP) is 3.49. The molecule has 1 aromatic carbocycles. The smallest absolute Gasteiger partial charge is 0.412 e. The molecule has 1 atom stereocenters. The third-order valence-corrected chi connectivity index (χ3v) is 2.62. The van der Waals surface area contributed by atoms with E-state index in [-0.39, 0.29) is 0 Å². The topological polar surface area (TPSA) is 67.8 Å². The molecule has 0 spiro atoms. The zero-order valence-electron chi connectivity index (χ0n) is 12.7. The highest BCUT2D eigenvalue weighted by atomic mass is 16.6. The van der Waals surface area contributed by atoms with Crippen LogP contribution in [0.25, 0.3) is 0 Å². The molecule has 0 radical (unpaired) electrons. The van der Waals surface area contributed by atoms with Crippen LogP contribution in [0, 0.1) is 0 Å². The van der Waals surface area contributed by atoms with Crippen molar-refractivity contribution in [3.05, 3.63) is 23.8 Å². The minimum atomic E-state index is -0.583. The predicted molar refractivity (Wildman–Crippen MR) is 78.1 cm³/mol. The van der Waals surface area contributed by atoms with E-state index >= 15 is 0 Å². The third-order valence-electron chi connectivity index (χ3n) is 2.62. The van der Waals surface area contributed by atoms with Gasteiger partial charge in [-0.15, -0.1) is 0 Å². The second-order valence-electron chi connectivity index (χ2n) is 5.51. The van der Waals surface area contributed by atoms with Gasteiger partial charge in [-0.05, 0) is 33.3 Å². The van der Waals surface area contributed by atoms with Crippen molar-refractivity contribution < 1.29 is 19.4 Å². The summed E-state index contributed by atoms with van der Waals surface area (Å²) in [7, 11) is 1.53. The molecule has 5 heteroatoms. The van der Waals surface area contributed by atoms with Gasteiger partial charge in [-0.1, -0.05) is 13.0 Å². The van der Waals surface area contributed by atoms with Gasteiger partial charge in [-0.25, -0.2) is 4.79 Å². The standard InChI is InChI=1S/C15H23NO4/c1-6-12(17)11-8-7-10(9-13(11)19-5)16-14(18)20-15(2,3)4/h7-9,12,17H,6H2,1-5H3,(H,16,18). The summed E-state index contributed by atoms with van der Waals surface area (Å²) in [6.45, 7) is 7.28. The van der Waals surface area contributed by atoms with E-state index in [1.54, 1.807) is 39.0 Å². The maximum Gasteiger partial charge on any atom is 0.412 e. The summed E-state index contributed by atoms with van der Waals surface area (Å²) in [5.41, 5.74) is 0.708. The number of amides is 1. The van der Waals surface area contributed by atoms with Gasteiger partial charge in [0, 0.05) is 17.3 Å². The van der Waals surface area contributed by atoms with Crippen LogP contribution in [-0.4, -0.2) is 23.9 Å². The van der Waals surface area contributed by atoms with Crippen LogP contribution in [-0.2, 0) is 4.74 Å². The van der Waals surface area contributed by atoms with Crippen molar-refractivity contribution in [2.45, 2.75) is 45.8 Å². The zero-order valence-corrected chi connectivity index (χ0v) is 12.7. The minimum absolute atomic E-state index is 0.525. The fourth-order valence-electron chi connectivity index (χ4n) is 1.71. The van der Waals surface area contributed by atoms with E-state index in [2.05, 4.69) is 5.32 Å². The maximum absolute atomic E-state index is 11.7. The Morgan fingerprint density at radius 3 is 2.55 bits per heavy atom. The summed E-state index contributed by atoms with van der Waals surface area (Å²) in [6.07, 6.45) is -0.515. The first-order valence-corrected chi connectivity index (χ1v) is 6.63.